The maximum Gasteiger partial charge on any atom is 0.243 e. The summed E-state index contributed by atoms with van der Waals surface area (Å²) in [5, 5.41) is 4.02. The molecule has 0 aliphatic carbocycles. The van der Waals surface area contributed by atoms with Crippen molar-refractivity contribution in [2.24, 2.45) is 0 Å². The third kappa shape index (κ3) is 3.95. The van der Waals surface area contributed by atoms with Gasteiger partial charge in [0, 0.05) is 38.3 Å². The van der Waals surface area contributed by atoms with Crippen LogP contribution in [0.25, 0.3) is 0 Å². The fraction of sp³-hybridized carbons (Fsp3) is 0.500. The topological polar surface area (TPSA) is 85.1 Å². The number of sulfonamides is 1. The normalized spacial score (nSPS) is 19.0. The highest BCUT2D eigenvalue weighted by Crippen LogP contribution is 2.33. The molecule has 3 heterocycles. The number of ether oxygens (including phenoxy) is 2. The van der Waals surface area contributed by atoms with Crippen molar-refractivity contribution >= 4 is 10.0 Å². The highest BCUT2D eigenvalue weighted by atomic mass is 32.2. The zero-order valence-corrected chi connectivity index (χ0v) is 16.1. The Hall–Kier alpha value is -2.10. The van der Waals surface area contributed by atoms with Crippen molar-refractivity contribution in [1.29, 1.82) is 0 Å². The van der Waals surface area contributed by atoms with Crippen molar-refractivity contribution in [3.8, 4) is 11.5 Å². The number of hydrogen-bond donors (Lipinski definition) is 0. The lowest BCUT2D eigenvalue weighted by molar-refractivity contribution is 0.171. The van der Waals surface area contributed by atoms with Crippen LogP contribution in [0.2, 0.25) is 0 Å². The van der Waals surface area contributed by atoms with E-state index in [9.17, 15) is 8.42 Å². The molecule has 0 amide bonds. The Kier molecular flexibility index (Phi) is 5.07. The van der Waals surface area contributed by atoms with Gasteiger partial charge >= 0.3 is 0 Å². The van der Waals surface area contributed by atoms with E-state index in [1.807, 2.05) is 13.0 Å². The van der Waals surface area contributed by atoms with E-state index in [0.717, 1.165) is 24.4 Å². The smallest absolute Gasteiger partial charge is 0.243 e. The van der Waals surface area contributed by atoms with Crippen molar-refractivity contribution in [2.75, 3.05) is 39.4 Å². The average Bonchev–Trinajstić information content (AvgIpc) is 2.93. The molecule has 9 heteroatoms. The molecule has 2 aliphatic rings. The van der Waals surface area contributed by atoms with Gasteiger partial charge in [0.05, 0.1) is 10.6 Å². The zero-order chi connectivity index (χ0) is 18.9. The van der Waals surface area contributed by atoms with Crippen LogP contribution in [-0.2, 0) is 16.6 Å². The summed E-state index contributed by atoms with van der Waals surface area (Å²) in [6, 6.07) is 6.72. The third-order valence-electron chi connectivity index (χ3n) is 4.76. The number of rotatable bonds is 4. The third-order valence-corrected chi connectivity index (χ3v) is 6.66. The van der Waals surface area contributed by atoms with Crippen molar-refractivity contribution in [3.63, 3.8) is 0 Å². The van der Waals surface area contributed by atoms with Crippen LogP contribution in [0, 0.1) is 6.92 Å². The van der Waals surface area contributed by atoms with Gasteiger partial charge in [-0.15, -0.1) is 0 Å². The molecule has 1 aromatic heterocycles. The number of nitrogens with zero attached hydrogens (tertiary/aromatic N) is 3. The molecule has 8 nitrogen and oxygen atoms in total. The molecule has 0 atom stereocenters. The molecule has 27 heavy (non-hydrogen) atoms. The van der Waals surface area contributed by atoms with Crippen LogP contribution in [0.3, 0.4) is 0 Å². The van der Waals surface area contributed by atoms with Crippen LogP contribution in [0.1, 0.15) is 17.9 Å². The molecule has 0 bridgehead atoms. The minimum absolute atomic E-state index is 0.243. The molecule has 0 radical (unpaired) electrons. The SMILES string of the molecule is Cc1cc(CN2CCCN(S(=O)(=O)c3ccc4c(c3)OCCO4)CC2)no1. The summed E-state index contributed by atoms with van der Waals surface area (Å²) in [5.41, 5.74) is 0.871. The molecule has 2 aromatic rings. The van der Waals surface area contributed by atoms with Gasteiger partial charge in [-0.2, -0.15) is 4.31 Å². The Bertz CT molecular complexity index is 911. The van der Waals surface area contributed by atoms with E-state index in [1.54, 1.807) is 22.5 Å². The average molecular weight is 393 g/mol. The first kappa shape index (κ1) is 18.3. The molecule has 4 rings (SSSR count). The molecule has 0 N–H and O–H groups in total. The lowest BCUT2D eigenvalue weighted by atomic mass is 10.3. The van der Waals surface area contributed by atoms with Crippen molar-refractivity contribution < 1.29 is 22.4 Å². The minimum Gasteiger partial charge on any atom is -0.486 e. The number of aromatic nitrogens is 1. The lowest BCUT2D eigenvalue weighted by Gasteiger charge is -2.23. The van der Waals surface area contributed by atoms with E-state index in [4.69, 9.17) is 14.0 Å². The first-order valence-electron chi connectivity index (χ1n) is 9.07. The standard InChI is InChI=1S/C18H23N3O5S/c1-14-11-15(19-26-14)13-20-5-2-6-21(8-7-20)27(22,23)16-3-4-17-18(12-16)25-10-9-24-17/h3-4,11-12H,2,5-10,13H2,1H3. The highest BCUT2D eigenvalue weighted by Gasteiger charge is 2.28. The Morgan fingerprint density at radius 3 is 2.63 bits per heavy atom. The minimum atomic E-state index is -3.57. The van der Waals surface area contributed by atoms with E-state index < -0.39 is 10.0 Å². The van der Waals surface area contributed by atoms with Gasteiger partial charge in [0.1, 0.15) is 19.0 Å². The van der Waals surface area contributed by atoms with Gasteiger partial charge in [-0.05, 0) is 32.0 Å². The molecule has 1 aromatic carbocycles. The van der Waals surface area contributed by atoms with Gasteiger partial charge in [0.2, 0.25) is 10.0 Å². The van der Waals surface area contributed by atoms with E-state index >= 15 is 0 Å². The monoisotopic (exact) mass is 393 g/mol. The summed E-state index contributed by atoms with van der Waals surface area (Å²) < 4.78 is 43.8. The molecule has 0 saturated carbocycles. The molecule has 2 aliphatic heterocycles. The fourth-order valence-corrected chi connectivity index (χ4v) is 4.89. The molecule has 0 spiro atoms. The second kappa shape index (κ2) is 7.49. The Morgan fingerprint density at radius 2 is 1.85 bits per heavy atom. The van der Waals surface area contributed by atoms with Crippen molar-refractivity contribution in [1.82, 2.24) is 14.4 Å². The number of aryl methyl sites for hydroxylation is 1. The fourth-order valence-electron chi connectivity index (χ4n) is 3.40. The van der Waals surface area contributed by atoms with E-state index in [-0.39, 0.29) is 4.90 Å². The quantitative estimate of drug-likeness (QED) is 0.781. The summed E-state index contributed by atoms with van der Waals surface area (Å²) in [7, 11) is -3.57. The van der Waals surface area contributed by atoms with Crippen LogP contribution in [0.4, 0.5) is 0 Å². The van der Waals surface area contributed by atoms with Crippen LogP contribution in [-0.4, -0.2) is 62.2 Å². The predicted octanol–water partition coefficient (Wildman–Crippen LogP) is 1.65. The molecule has 146 valence electrons. The maximum atomic E-state index is 13.1. The molecular weight excluding hydrogens is 370 g/mol. The van der Waals surface area contributed by atoms with Crippen molar-refractivity contribution in [3.05, 3.63) is 35.7 Å². The van der Waals surface area contributed by atoms with Crippen LogP contribution in [0.5, 0.6) is 11.5 Å². The number of fused-ring (bicyclic) bond motifs is 1. The lowest BCUT2D eigenvalue weighted by Crippen LogP contribution is -2.35. The molecule has 1 saturated heterocycles. The number of benzene rings is 1. The van der Waals surface area contributed by atoms with Gasteiger partial charge < -0.3 is 14.0 Å². The van der Waals surface area contributed by atoms with Crippen LogP contribution < -0.4 is 9.47 Å². The van der Waals surface area contributed by atoms with Gasteiger partial charge in [0.15, 0.2) is 11.5 Å². The first-order valence-corrected chi connectivity index (χ1v) is 10.5. The van der Waals surface area contributed by atoms with Gasteiger partial charge in [-0.1, -0.05) is 5.16 Å². The summed E-state index contributed by atoms with van der Waals surface area (Å²) in [5.74, 6) is 1.85. The predicted molar refractivity (Wildman–Crippen MR) is 97.3 cm³/mol. The maximum absolute atomic E-state index is 13.1. The second-order valence-electron chi connectivity index (χ2n) is 6.77. The van der Waals surface area contributed by atoms with Crippen molar-refractivity contribution in [2.45, 2.75) is 24.8 Å². The largest absolute Gasteiger partial charge is 0.486 e. The summed E-state index contributed by atoms with van der Waals surface area (Å²) in [6.45, 7) is 5.83. The highest BCUT2D eigenvalue weighted by molar-refractivity contribution is 7.89. The van der Waals surface area contributed by atoms with Gasteiger partial charge in [0.25, 0.3) is 0 Å². The zero-order valence-electron chi connectivity index (χ0n) is 15.3. The van der Waals surface area contributed by atoms with E-state index in [0.29, 0.717) is 50.9 Å². The summed E-state index contributed by atoms with van der Waals surface area (Å²) >= 11 is 0. The van der Waals surface area contributed by atoms with Crippen LogP contribution in [0.15, 0.2) is 33.7 Å². The second-order valence-corrected chi connectivity index (χ2v) is 8.71. The van der Waals surface area contributed by atoms with Gasteiger partial charge in [-0.3, -0.25) is 4.90 Å². The van der Waals surface area contributed by atoms with Gasteiger partial charge in [-0.25, -0.2) is 8.42 Å². The summed E-state index contributed by atoms with van der Waals surface area (Å²) in [6.07, 6.45) is 0.764. The van der Waals surface area contributed by atoms with E-state index in [2.05, 4.69) is 10.1 Å². The Labute approximate surface area is 158 Å². The Balaban J connectivity index is 1.46. The molecule has 0 unspecified atom stereocenters. The van der Waals surface area contributed by atoms with E-state index in [1.165, 1.54) is 0 Å². The first-order chi connectivity index (χ1) is 13.0. The Morgan fingerprint density at radius 1 is 1.04 bits per heavy atom. The van der Waals surface area contributed by atoms with Crippen LogP contribution >= 0.6 is 0 Å². The molecule has 1 fully saturated rings. The number of hydrogen-bond acceptors (Lipinski definition) is 7. The molecular formula is C18H23N3O5S. The summed E-state index contributed by atoms with van der Waals surface area (Å²) in [4.78, 5) is 2.45.